The van der Waals surface area contributed by atoms with E-state index in [1.165, 1.54) is 14.2 Å². The first kappa shape index (κ1) is 17.6. The zero-order valence-corrected chi connectivity index (χ0v) is 13.9. The Morgan fingerprint density at radius 3 is 2.75 bits per heavy atom. The number of hydrogen-bond donors (Lipinski definition) is 3. The van der Waals surface area contributed by atoms with E-state index < -0.39 is 11.2 Å². The minimum Gasteiger partial charge on any atom is -0.497 e. The first-order valence-corrected chi connectivity index (χ1v) is 7.71. The number of amides is 2. The normalized spacial score (nSPS) is 16.3. The molecule has 0 unspecified atom stereocenters. The van der Waals surface area contributed by atoms with Gasteiger partial charge in [0.2, 0.25) is 5.91 Å². The number of aliphatic imine (C=N–C) groups is 2. The summed E-state index contributed by atoms with van der Waals surface area (Å²) in [4.78, 5) is 31.4. The fourth-order valence-electron chi connectivity index (χ4n) is 1.94. The summed E-state index contributed by atoms with van der Waals surface area (Å²) in [5, 5.41) is 2.18. The second-order valence-corrected chi connectivity index (χ2v) is 5.86. The molecule has 10 heteroatoms. The molecule has 1 heterocycles. The number of thioether (sulfide) groups is 1. The van der Waals surface area contributed by atoms with Crippen LogP contribution in [0.1, 0.15) is 6.42 Å². The minimum absolute atomic E-state index is 0.0726. The molecule has 5 N–H and O–H groups in total. The van der Waals surface area contributed by atoms with Gasteiger partial charge in [0.1, 0.15) is 16.7 Å². The molecule has 9 nitrogen and oxygen atoms in total. The third-order valence-corrected chi connectivity index (χ3v) is 4.05. The average Bonchev–Trinajstić information content (AvgIpc) is 2.85. The topological polar surface area (TPSA) is 141 Å². The minimum atomic E-state index is -0.667. The van der Waals surface area contributed by atoms with Crippen LogP contribution in [0.25, 0.3) is 0 Å². The van der Waals surface area contributed by atoms with Gasteiger partial charge in [-0.2, -0.15) is 9.98 Å². The van der Waals surface area contributed by atoms with Crippen molar-refractivity contribution >= 4 is 40.4 Å². The van der Waals surface area contributed by atoms with Crippen molar-refractivity contribution in [1.29, 1.82) is 0 Å². The molecule has 2 rings (SSSR count). The fourth-order valence-corrected chi connectivity index (χ4v) is 2.89. The van der Waals surface area contributed by atoms with Crippen molar-refractivity contribution in [1.82, 2.24) is 0 Å². The van der Waals surface area contributed by atoms with Crippen LogP contribution in [0.2, 0.25) is 0 Å². The second-order valence-electron chi connectivity index (χ2n) is 4.69. The summed E-state index contributed by atoms with van der Waals surface area (Å²) >= 11 is 1.04. The maximum absolute atomic E-state index is 12.2. The van der Waals surface area contributed by atoms with E-state index >= 15 is 0 Å². The molecular weight excluding hydrogens is 334 g/mol. The van der Waals surface area contributed by atoms with Crippen molar-refractivity contribution < 1.29 is 19.1 Å². The number of nitrogens with one attached hydrogen (secondary N) is 1. The Morgan fingerprint density at radius 2 is 2.12 bits per heavy atom. The predicted octanol–water partition coefficient (Wildman–Crippen LogP) is 0.304. The highest BCUT2D eigenvalue weighted by Crippen LogP contribution is 2.30. The summed E-state index contributed by atoms with van der Waals surface area (Å²) in [7, 11) is 3.01. The molecule has 24 heavy (non-hydrogen) atoms. The zero-order valence-electron chi connectivity index (χ0n) is 13.1. The number of benzene rings is 1. The Hall–Kier alpha value is -2.75. The van der Waals surface area contributed by atoms with Gasteiger partial charge in [-0.15, -0.1) is 0 Å². The van der Waals surface area contributed by atoms with Gasteiger partial charge in [-0.3, -0.25) is 9.59 Å². The van der Waals surface area contributed by atoms with Crippen LogP contribution in [0.5, 0.6) is 11.5 Å². The molecular formula is C14H17N5O4S. The van der Waals surface area contributed by atoms with E-state index in [1.807, 2.05) is 0 Å². The summed E-state index contributed by atoms with van der Waals surface area (Å²) in [5.41, 5.74) is 10.9. The summed E-state index contributed by atoms with van der Waals surface area (Å²) in [6, 6.07) is 5.01. The second kappa shape index (κ2) is 7.68. The van der Waals surface area contributed by atoms with Crippen molar-refractivity contribution in [2.75, 3.05) is 19.5 Å². The lowest BCUT2D eigenvalue weighted by atomic mass is 10.2. The van der Waals surface area contributed by atoms with Crippen molar-refractivity contribution in [2.45, 2.75) is 11.7 Å². The highest BCUT2D eigenvalue weighted by molar-refractivity contribution is 8.15. The van der Waals surface area contributed by atoms with E-state index in [0.717, 1.165) is 11.8 Å². The van der Waals surface area contributed by atoms with E-state index in [9.17, 15) is 9.59 Å². The van der Waals surface area contributed by atoms with E-state index in [1.54, 1.807) is 18.2 Å². The van der Waals surface area contributed by atoms with Crippen LogP contribution in [-0.4, -0.2) is 42.4 Å². The molecule has 0 bridgehead atoms. The lowest BCUT2D eigenvalue weighted by Gasteiger charge is -2.12. The van der Waals surface area contributed by atoms with Gasteiger partial charge in [0, 0.05) is 12.5 Å². The van der Waals surface area contributed by atoms with Crippen LogP contribution in [0, 0.1) is 0 Å². The van der Waals surface area contributed by atoms with Crippen molar-refractivity contribution in [2.24, 2.45) is 21.5 Å². The Morgan fingerprint density at radius 1 is 1.38 bits per heavy atom. The van der Waals surface area contributed by atoms with E-state index in [4.69, 9.17) is 20.9 Å². The van der Waals surface area contributed by atoms with Crippen LogP contribution in [0.15, 0.2) is 28.2 Å². The number of methoxy groups -OCH3 is 2. The van der Waals surface area contributed by atoms with Crippen LogP contribution in [0.3, 0.4) is 0 Å². The maximum Gasteiger partial charge on any atom is 0.262 e. The number of hydrogen-bond acceptors (Lipinski definition) is 6. The van der Waals surface area contributed by atoms with Crippen molar-refractivity contribution in [3.05, 3.63) is 18.2 Å². The first-order valence-electron chi connectivity index (χ1n) is 6.83. The molecule has 0 saturated heterocycles. The number of carbonyl (C=O) groups excluding carboxylic acids is 2. The number of nitrogens with two attached hydrogens (primary N) is 2. The molecule has 0 saturated carbocycles. The number of guanidine groups is 1. The largest absolute Gasteiger partial charge is 0.497 e. The number of anilines is 1. The van der Waals surface area contributed by atoms with Gasteiger partial charge in [0.15, 0.2) is 11.1 Å². The lowest BCUT2D eigenvalue weighted by Crippen LogP contribution is -2.23. The Bertz CT molecular complexity index is 715. The molecule has 2 amide bonds. The third kappa shape index (κ3) is 4.38. The van der Waals surface area contributed by atoms with Gasteiger partial charge in [-0.25, -0.2) is 0 Å². The van der Waals surface area contributed by atoms with E-state index in [2.05, 4.69) is 15.3 Å². The van der Waals surface area contributed by atoms with E-state index in [-0.39, 0.29) is 23.5 Å². The van der Waals surface area contributed by atoms with Gasteiger partial charge in [0.25, 0.3) is 5.91 Å². The fraction of sp³-hybridized carbons (Fsp3) is 0.286. The Kier molecular flexibility index (Phi) is 5.64. The molecule has 0 aliphatic carbocycles. The van der Waals surface area contributed by atoms with Gasteiger partial charge < -0.3 is 26.3 Å². The molecule has 1 atom stereocenters. The maximum atomic E-state index is 12.2. The lowest BCUT2D eigenvalue weighted by molar-refractivity contribution is -0.121. The van der Waals surface area contributed by atoms with Crippen LogP contribution in [-0.2, 0) is 9.59 Å². The average molecular weight is 351 g/mol. The molecule has 0 spiro atoms. The van der Waals surface area contributed by atoms with Crippen molar-refractivity contribution in [3.8, 4) is 11.5 Å². The number of amidine groups is 1. The SMILES string of the molecule is COc1ccc(OC)c(NC(=O)C[C@@H]2SC(N=C(N)N)=NC2=O)c1. The molecule has 0 aromatic heterocycles. The summed E-state index contributed by atoms with van der Waals surface area (Å²) in [5.74, 6) is 0.0318. The number of rotatable bonds is 5. The van der Waals surface area contributed by atoms with Gasteiger partial charge >= 0.3 is 0 Å². The van der Waals surface area contributed by atoms with Crippen LogP contribution in [0.4, 0.5) is 5.69 Å². The first-order chi connectivity index (χ1) is 11.4. The highest BCUT2D eigenvalue weighted by atomic mass is 32.2. The van der Waals surface area contributed by atoms with Gasteiger partial charge in [-0.1, -0.05) is 11.8 Å². The standard InChI is InChI=1S/C14H17N5O4S/c1-22-7-3-4-9(23-2)8(5-7)17-11(20)6-10-12(21)18-14(24-10)19-13(15)16/h3-5,10H,6H2,1-2H3,(H,17,20)(H4,15,16,18,19,21)/t10-/m0/s1. The zero-order chi connectivity index (χ0) is 17.7. The molecule has 1 aliphatic rings. The third-order valence-electron chi connectivity index (χ3n) is 3.01. The summed E-state index contributed by atoms with van der Waals surface area (Å²) in [6.45, 7) is 0. The summed E-state index contributed by atoms with van der Waals surface area (Å²) < 4.78 is 10.3. The van der Waals surface area contributed by atoms with Crippen LogP contribution < -0.4 is 26.3 Å². The molecule has 1 aromatic rings. The Labute approximate surface area is 142 Å². The number of carbonyl (C=O) groups is 2. The number of nitrogens with zero attached hydrogens (tertiary/aromatic N) is 2. The van der Waals surface area contributed by atoms with Gasteiger partial charge in [0.05, 0.1) is 19.9 Å². The number of ether oxygens (including phenoxy) is 2. The van der Waals surface area contributed by atoms with E-state index in [0.29, 0.717) is 17.2 Å². The monoisotopic (exact) mass is 351 g/mol. The summed E-state index contributed by atoms with van der Waals surface area (Å²) in [6.07, 6.45) is -0.0726. The molecule has 1 aromatic carbocycles. The van der Waals surface area contributed by atoms with Crippen LogP contribution >= 0.6 is 11.8 Å². The van der Waals surface area contributed by atoms with Crippen molar-refractivity contribution in [3.63, 3.8) is 0 Å². The molecule has 0 radical (unpaired) electrons. The quantitative estimate of drug-likeness (QED) is 0.512. The smallest absolute Gasteiger partial charge is 0.262 e. The highest BCUT2D eigenvalue weighted by Gasteiger charge is 2.30. The molecule has 128 valence electrons. The van der Waals surface area contributed by atoms with Gasteiger partial charge in [-0.05, 0) is 12.1 Å². The molecule has 1 aliphatic heterocycles. The predicted molar refractivity (Wildman–Crippen MR) is 92.4 cm³/mol. The Balaban J connectivity index is 2.02. The molecule has 0 fully saturated rings.